The lowest BCUT2D eigenvalue weighted by Gasteiger charge is -2.18. The molecule has 0 amide bonds. The van der Waals surface area contributed by atoms with E-state index in [1.54, 1.807) is 0 Å². The molecule has 1 atom stereocenters. The van der Waals surface area contributed by atoms with E-state index in [0.29, 0.717) is 6.04 Å². The number of nitrogens with zero attached hydrogens (tertiary/aromatic N) is 3. The van der Waals surface area contributed by atoms with Crippen LogP contribution in [0, 0.1) is 0 Å². The highest BCUT2D eigenvalue weighted by atomic mass is 79.9. The van der Waals surface area contributed by atoms with E-state index in [9.17, 15) is 0 Å². The van der Waals surface area contributed by atoms with Gasteiger partial charge in [0, 0.05) is 17.3 Å². The Morgan fingerprint density at radius 1 is 1.39 bits per heavy atom. The van der Waals surface area contributed by atoms with Crippen molar-refractivity contribution in [3.63, 3.8) is 0 Å². The molecule has 94 valence electrons. The van der Waals surface area contributed by atoms with Crippen LogP contribution in [0.15, 0.2) is 28.7 Å². The first-order chi connectivity index (χ1) is 8.74. The molecule has 1 unspecified atom stereocenters. The van der Waals surface area contributed by atoms with E-state index in [2.05, 4.69) is 55.8 Å². The highest BCUT2D eigenvalue weighted by Crippen LogP contribution is 2.24. The topological polar surface area (TPSA) is 30.7 Å². The van der Waals surface area contributed by atoms with Crippen molar-refractivity contribution < 1.29 is 0 Å². The summed E-state index contributed by atoms with van der Waals surface area (Å²) in [5.74, 6) is 2.08. The predicted molar refractivity (Wildman–Crippen MR) is 74.6 cm³/mol. The largest absolute Gasteiger partial charge is 0.247 e. The van der Waals surface area contributed by atoms with Gasteiger partial charge in [-0.1, -0.05) is 34.1 Å². The van der Waals surface area contributed by atoms with Crippen LogP contribution >= 0.6 is 15.9 Å². The third-order valence-corrected chi connectivity index (χ3v) is 4.27. The Labute approximate surface area is 115 Å². The highest BCUT2D eigenvalue weighted by Gasteiger charge is 2.19. The quantitative estimate of drug-likeness (QED) is 0.850. The van der Waals surface area contributed by atoms with Crippen LogP contribution in [0.5, 0.6) is 0 Å². The molecular weight excluding hydrogens is 290 g/mol. The van der Waals surface area contributed by atoms with Crippen molar-refractivity contribution in [2.24, 2.45) is 0 Å². The lowest BCUT2D eigenvalue weighted by molar-refractivity contribution is 0.387. The van der Waals surface area contributed by atoms with Gasteiger partial charge in [0.2, 0.25) is 0 Å². The summed E-state index contributed by atoms with van der Waals surface area (Å²) < 4.78 is 3.24. The van der Waals surface area contributed by atoms with Crippen LogP contribution < -0.4 is 0 Å². The minimum Gasteiger partial charge on any atom is -0.247 e. The van der Waals surface area contributed by atoms with E-state index < -0.39 is 0 Å². The maximum Gasteiger partial charge on any atom is 0.155 e. The van der Waals surface area contributed by atoms with Gasteiger partial charge in [-0.2, -0.15) is 5.10 Å². The van der Waals surface area contributed by atoms with Crippen molar-refractivity contribution in [2.75, 3.05) is 0 Å². The SMILES string of the molecule is CC1CCCc2nc(Cc3ccccc3Br)nn21. The number of aromatic nitrogens is 3. The van der Waals surface area contributed by atoms with Crippen LogP contribution in [0.4, 0.5) is 0 Å². The number of benzene rings is 1. The number of fused-ring (bicyclic) bond motifs is 1. The van der Waals surface area contributed by atoms with Gasteiger partial charge in [-0.05, 0) is 31.4 Å². The maximum atomic E-state index is 4.67. The molecule has 0 aliphatic carbocycles. The molecule has 0 bridgehead atoms. The zero-order valence-electron chi connectivity index (χ0n) is 10.4. The Balaban J connectivity index is 1.88. The van der Waals surface area contributed by atoms with Gasteiger partial charge in [-0.15, -0.1) is 0 Å². The summed E-state index contributed by atoms with van der Waals surface area (Å²) in [6.45, 7) is 2.22. The number of halogens is 1. The fourth-order valence-electron chi connectivity index (χ4n) is 2.49. The Kier molecular flexibility index (Phi) is 3.20. The molecule has 4 heteroatoms. The minimum absolute atomic E-state index is 0.495. The monoisotopic (exact) mass is 305 g/mol. The normalized spacial score (nSPS) is 18.7. The summed E-state index contributed by atoms with van der Waals surface area (Å²) in [5.41, 5.74) is 1.24. The second-order valence-corrected chi connectivity index (χ2v) is 5.75. The summed E-state index contributed by atoms with van der Waals surface area (Å²) >= 11 is 3.58. The summed E-state index contributed by atoms with van der Waals surface area (Å²) in [5, 5.41) is 4.65. The van der Waals surface area contributed by atoms with Crippen LogP contribution in [-0.2, 0) is 12.8 Å². The Morgan fingerprint density at radius 2 is 2.22 bits per heavy atom. The van der Waals surface area contributed by atoms with Crippen molar-refractivity contribution in [1.29, 1.82) is 0 Å². The van der Waals surface area contributed by atoms with Gasteiger partial charge in [-0.3, -0.25) is 0 Å². The summed E-state index contributed by atoms with van der Waals surface area (Å²) in [6.07, 6.45) is 4.31. The molecule has 1 aromatic heterocycles. The van der Waals surface area contributed by atoms with Crippen LogP contribution in [0.3, 0.4) is 0 Å². The van der Waals surface area contributed by atoms with E-state index >= 15 is 0 Å². The molecule has 1 aliphatic heterocycles. The number of rotatable bonds is 2. The molecule has 3 nitrogen and oxygen atoms in total. The van der Waals surface area contributed by atoms with Crippen molar-refractivity contribution in [3.8, 4) is 0 Å². The van der Waals surface area contributed by atoms with Gasteiger partial charge < -0.3 is 0 Å². The van der Waals surface area contributed by atoms with Crippen molar-refractivity contribution in [2.45, 2.75) is 38.6 Å². The zero-order chi connectivity index (χ0) is 12.5. The molecule has 1 aliphatic rings. The molecule has 2 heterocycles. The summed E-state index contributed by atoms with van der Waals surface area (Å²) in [7, 11) is 0. The molecule has 18 heavy (non-hydrogen) atoms. The van der Waals surface area contributed by atoms with Crippen molar-refractivity contribution in [1.82, 2.24) is 14.8 Å². The summed E-state index contributed by atoms with van der Waals surface area (Å²) in [4.78, 5) is 4.67. The van der Waals surface area contributed by atoms with Gasteiger partial charge in [0.25, 0.3) is 0 Å². The standard InChI is InChI=1S/C14H16BrN3/c1-10-5-4-8-14-16-13(17-18(10)14)9-11-6-2-3-7-12(11)15/h2-3,6-7,10H,4-5,8-9H2,1H3. The van der Waals surface area contributed by atoms with Gasteiger partial charge >= 0.3 is 0 Å². The van der Waals surface area contributed by atoms with Gasteiger partial charge in [-0.25, -0.2) is 9.67 Å². The van der Waals surface area contributed by atoms with Crippen LogP contribution in [-0.4, -0.2) is 14.8 Å². The third kappa shape index (κ3) is 2.21. The first-order valence-electron chi connectivity index (χ1n) is 6.42. The van der Waals surface area contributed by atoms with Gasteiger partial charge in [0.1, 0.15) is 5.82 Å². The predicted octanol–water partition coefficient (Wildman–Crippen LogP) is 3.53. The maximum absolute atomic E-state index is 4.67. The minimum atomic E-state index is 0.495. The second-order valence-electron chi connectivity index (χ2n) is 4.90. The number of hydrogen-bond donors (Lipinski definition) is 0. The second kappa shape index (κ2) is 4.84. The van der Waals surface area contributed by atoms with E-state index in [-0.39, 0.29) is 0 Å². The van der Waals surface area contributed by atoms with Crippen molar-refractivity contribution in [3.05, 3.63) is 46.0 Å². The van der Waals surface area contributed by atoms with E-state index in [1.807, 2.05) is 6.07 Å². The Morgan fingerprint density at radius 3 is 3.00 bits per heavy atom. The fourth-order valence-corrected chi connectivity index (χ4v) is 2.92. The molecular formula is C14H16BrN3. The van der Waals surface area contributed by atoms with Gasteiger partial charge in [0.15, 0.2) is 5.82 Å². The molecule has 3 rings (SSSR count). The van der Waals surface area contributed by atoms with Gasteiger partial charge in [0.05, 0.1) is 6.04 Å². The Bertz CT molecular complexity index is 562. The number of aryl methyl sites for hydroxylation is 1. The third-order valence-electron chi connectivity index (χ3n) is 3.49. The van der Waals surface area contributed by atoms with Crippen molar-refractivity contribution >= 4 is 15.9 Å². The average molecular weight is 306 g/mol. The fraction of sp³-hybridized carbons (Fsp3) is 0.429. The van der Waals surface area contributed by atoms with Crippen LogP contribution in [0.25, 0.3) is 0 Å². The smallest absolute Gasteiger partial charge is 0.155 e. The first kappa shape index (κ1) is 11.9. The number of hydrogen-bond acceptors (Lipinski definition) is 2. The Hall–Kier alpha value is -1.16. The van der Waals surface area contributed by atoms with E-state index in [0.717, 1.165) is 29.0 Å². The molecule has 0 saturated heterocycles. The molecule has 0 fully saturated rings. The first-order valence-corrected chi connectivity index (χ1v) is 7.21. The summed E-state index contributed by atoms with van der Waals surface area (Å²) in [6, 6.07) is 8.76. The molecule has 2 aromatic rings. The van der Waals surface area contributed by atoms with Crippen LogP contribution in [0.2, 0.25) is 0 Å². The lowest BCUT2D eigenvalue weighted by Crippen LogP contribution is -2.16. The van der Waals surface area contributed by atoms with E-state index in [4.69, 9.17) is 0 Å². The van der Waals surface area contributed by atoms with Crippen LogP contribution in [0.1, 0.15) is 43.0 Å². The highest BCUT2D eigenvalue weighted by molar-refractivity contribution is 9.10. The lowest BCUT2D eigenvalue weighted by atomic mass is 10.1. The molecule has 1 aromatic carbocycles. The average Bonchev–Trinajstić information content (AvgIpc) is 2.76. The molecule has 0 saturated carbocycles. The molecule has 0 spiro atoms. The zero-order valence-corrected chi connectivity index (χ0v) is 12.0. The molecule has 0 radical (unpaired) electrons. The molecule has 0 N–H and O–H groups in total. The van der Waals surface area contributed by atoms with E-state index in [1.165, 1.54) is 18.4 Å².